The zero-order valence-electron chi connectivity index (χ0n) is 11.8. The maximum Gasteiger partial charge on any atom is 0.416 e. The van der Waals surface area contributed by atoms with E-state index < -0.39 is 17.8 Å². The summed E-state index contributed by atoms with van der Waals surface area (Å²) in [6.45, 7) is 0. The number of carboxylic acids is 1. The number of hydrogen-bond donors (Lipinski definition) is 2. The lowest BCUT2D eigenvalue weighted by molar-refractivity contribution is 0.0686. The van der Waals surface area contributed by atoms with E-state index in [0.717, 1.165) is 0 Å². The van der Waals surface area contributed by atoms with E-state index in [9.17, 15) is 25.1 Å². The first-order valence-electron chi connectivity index (χ1n) is 6.13. The van der Waals surface area contributed by atoms with Crippen LogP contribution in [0.4, 0.5) is 10.5 Å². The Morgan fingerprint density at radius 2 is 2.05 bits per heavy atom. The molecule has 0 aliphatic rings. The third-order valence-corrected chi connectivity index (χ3v) is 2.90. The number of aliphatic imine (C=N–C) groups is 1. The molecule has 0 amide bonds. The largest absolute Gasteiger partial charge is 0.476 e. The summed E-state index contributed by atoms with van der Waals surface area (Å²) in [4.78, 5) is 28.6. The first-order valence-corrected chi connectivity index (χ1v) is 6.13. The minimum absolute atomic E-state index is 0.0595. The van der Waals surface area contributed by atoms with Crippen LogP contribution in [0.3, 0.4) is 0 Å². The third kappa shape index (κ3) is 2.35. The SMILES string of the molecule is CN(C)C=Nc1c(C(=O)O)n(C(=O)O)c2cccc(C#N)c12. The molecule has 2 N–H and O–H groups in total. The van der Waals surface area contributed by atoms with E-state index in [0.29, 0.717) is 4.57 Å². The molecule has 1 aromatic heterocycles. The Morgan fingerprint density at radius 1 is 1.36 bits per heavy atom. The number of fused-ring (bicyclic) bond motifs is 1. The average molecular weight is 300 g/mol. The fourth-order valence-electron chi connectivity index (χ4n) is 2.11. The van der Waals surface area contributed by atoms with Crippen molar-refractivity contribution in [2.75, 3.05) is 14.1 Å². The molecule has 0 saturated heterocycles. The quantitative estimate of drug-likeness (QED) is 0.660. The molecule has 8 nitrogen and oxygen atoms in total. The summed E-state index contributed by atoms with van der Waals surface area (Å²) in [5.41, 5.74) is -0.292. The number of nitriles is 1. The van der Waals surface area contributed by atoms with Crippen molar-refractivity contribution in [2.24, 2.45) is 4.99 Å². The molecule has 1 aromatic carbocycles. The number of nitrogens with zero attached hydrogens (tertiary/aromatic N) is 4. The van der Waals surface area contributed by atoms with Crippen LogP contribution in [0.25, 0.3) is 10.9 Å². The van der Waals surface area contributed by atoms with Gasteiger partial charge in [0, 0.05) is 19.5 Å². The number of aromatic nitrogens is 1. The van der Waals surface area contributed by atoms with Crippen LogP contribution in [0, 0.1) is 11.3 Å². The second-order valence-corrected chi connectivity index (χ2v) is 4.64. The van der Waals surface area contributed by atoms with Gasteiger partial charge < -0.3 is 15.1 Å². The second-order valence-electron chi connectivity index (χ2n) is 4.64. The van der Waals surface area contributed by atoms with Gasteiger partial charge in [0.2, 0.25) is 0 Å². The van der Waals surface area contributed by atoms with Gasteiger partial charge in [-0.15, -0.1) is 0 Å². The van der Waals surface area contributed by atoms with Gasteiger partial charge in [0.1, 0.15) is 5.69 Å². The van der Waals surface area contributed by atoms with Gasteiger partial charge in [-0.05, 0) is 12.1 Å². The molecule has 0 saturated carbocycles. The fourth-order valence-corrected chi connectivity index (χ4v) is 2.11. The number of aromatic carboxylic acids is 1. The van der Waals surface area contributed by atoms with Crippen LogP contribution >= 0.6 is 0 Å². The van der Waals surface area contributed by atoms with Crippen molar-refractivity contribution in [3.63, 3.8) is 0 Å². The third-order valence-electron chi connectivity index (χ3n) is 2.90. The summed E-state index contributed by atoms with van der Waals surface area (Å²) in [5, 5.41) is 28.1. The zero-order chi connectivity index (χ0) is 16.4. The molecular weight excluding hydrogens is 288 g/mol. The molecule has 0 spiro atoms. The summed E-state index contributed by atoms with van der Waals surface area (Å²) < 4.78 is 0.626. The maximum atomic E-state index is 11.5. The molecule has 22 heavy (non-hydrogen) atoms. The molecule has 0 aliphatic heterocycles. The van der Waals surface area contributed by atoms with Gasteiger partial charge in [-0.25, -0.2) is 19.1 Å². The molecule has 2 aromatic rings. The lowest BCUT2D eigenvalue weighted by atomic mass is 10.1. The highest BCUT2D eigenvalue weighted by atomic mass is 16.4. The van der Waals surface area contributed by atoms with E-state index in [2.05, 4.69) is 4.99 Å². The maximum absolute atomic E-state index is 11.5. The predicted octanol–water partition coefficient (Wildman–Crippen LogP) is 1.96. The van der Waals surface area contributed by atoms with Crippen LogP contribution in [0.5, 0.6) is 0 Å². The Labute approximate surface area is 125 Å². The summed E-state index contributed by atoms with van der Waals surface area (Å²) in [6, 6.07) is 6.34. The van der Waals surface area contributed by atoms with E-state index in [1.54, 1.807) is 19.0 Å². The molecule has 1 heterocycles. The molecule has 8 heteroatoms. The highest BCUT2D eigenvalue weighted by Crippen LogP contribution is 2.35. The van der Waals surface area contributed by atoms with Crippen LogP contribution in [0.2, 0.25) is 0 Å². The van der Waals surface area contributed by atoms with Crippen LogP contribution in [-0.4, -0.2) is 52.2 Å². The molecule has 0 fully saturated rings. The Kier molecular flexibility index (Phi) is 3.81. The summed E-state index contributed by atoms with van der Waals surface area (Å²) in [7, 11) is 3.37. The van der Waals surface area contributed by atoms with Gasteiger partial charge in [-0.3, -0.25) is 0 Å². The Bertz CT molecular complexity index is 843. The molecule has 112 valence electrons. The van der Waals surface area contributed by atoms with Crippen LogP contribution in [0.15, 0.2) is 23.2 Å². The van der Waals surface area contributed by atoms with Gasteiger partial charge >= 0.3 is 12.1 Å². The van der Waals surface area contributed by atoms with Crippen molar-refractivity contribution in [2.45, 2.75) is 0 Å². The average Bonchev–Trinajstić information content (AvgIpc) is 2.79. The number of carbonyl (C=O) groups is 2. The van der Waals surface area contributed by atoms with E-state index in [1.807, 2.05) is 6.07 Å². The number of benzene rings is 1. The van der Waals surface area contributed by atoms with Gasteiger partial charge in [-0.1, -0.05) is 6.07 Å². The van der Waals surface area contributed by atoms with E-state index in [-0.39, 0.29) is 22.2 Å². The lowest BCUT2D eigenvalue weighted by Crippen LogP contribution is -2.15. The molecule has 0 atom stereocenters. The van der Waals surface area contributed by atoms with Crippen molar-refractivity contribution in [3.05, 3.63) is 29.5 Å². The molecule has 2 rings (SSSR count). The van der Waals surface area contributed by atoms with Gasteiger partial charge in [0.15, 0.2) is 5.69 Å². The lowest BCUT2D eigenvalue weighted by Gasteiger charge is -2.03. The summed E-state index contributed by atoms with van der Waals surface area (Å²) in [6.07, 6.45) is -0.106. The number of hydrogen-bond acceptors (Lipinski definition) is 4. The summed E-state index contributed by atoms with van der Waals surface area (Å²) >= 11 is 0. The minimum Gasteiger partial charge on any atom is -0.476 e. The molecule has 0 bridgehead atoms. The Morgan fingerprint density at radius 3 is 2.55 bits per heavy atom. The van der Waals surface area contributed by atoms with Crippen LogP contribution in [-0.2, 0) is 0 Å². The first kappa shape index (κ1) is 15.1. The predicted molar refractivity (Wildman–Crippen MR) is 78.9 cm³/mol. The standard InChI is InChI=1S/C14H12N4O4/c1-17(2)7-16-11-10-8(6-15)4-3-5-9(10)18(14(21)22)12(11)13(19)20/h3-5,7H,1-2H3,(H,19,20)(H,21,22). The topological polar surface area (TPSA) is 119 Å². The Balaban J connectivity index is 3.01. The fraction of sp³-hybridized carbons (Fsp3) is 0.143. The van der Waals surface area contributed by atoms with Crippen molar-refractivity contribution >= 4 is 35.0 Å². The summed E-state index contributed by atoms with van der Waals surface area (Å²) in [5.74, 6) is -1.44. The van der Waals surface area contributed by atoms with E-state index in [4.69, 9.17) is 0 Å². The highest BCUT2D eigenvalue weighted by Gasteiger charge is 2.27. The van der Waals surface area contributed by atoms with Crippen LogP contribution in [0.1, 0.15) is 16.1 Å². The molecule has 0 unspecified atom stereocenters. The molecular formula is C14H12N4O4. The Hall–Kier alpha value is -3.34. The molecule has 0 radical (unpaired) electrons. The normalized spacial score (nSPS) is 10.8. The van der Waals surface area contributed by atoms with Gasteiger partial charge in [0.05, 0.1) is 23.5 Å². The van der Waals surface area contributed by atoms with Crippen molar-refractivity contribution in [1.82, 2.24) is 9.47 Å². The number of rotatable bonds is 3. The monoisotopic (exact) mass is 300 g/mol. The molecule has 0 aliphatic carbocycles. The minimum atomic E-state index is -1.45. The van der Waals surface area contributed by atoms with E-state index in [1.165, 1.54) is 24.5 Å². The highest BCUT2D eigenvalue weighted by molar-refractivity contribution is 6.11. The zero-order valence-corrected chi connectivity index (χ0v) is 11.8. The first-order chi connectivity index (χ1) is 10.4. The van der Waals surface area contributed by atoms with Crippen molar-refractivity contribution in [1.29, 1.82) is 5.26 Å². The van der Waals surface area contributed by atoms with Crippen LogP contribution < -0.4 is 0 Å². The second kappa shape index (κ2) is 5.57. The smallest absolute Gasteiger partial charge is 0.416 e. The van der Waals surface area contributed by atoms with Gasteiger partial charge in [-0.2, -0.15) is 5.26 Å². The van der Waals surface area contributed by atoms with Gasteiger partial charge in [0.25, 0.3) is 0 Å². The van der Waals surface area contributed by atoms with Crippen molar-refractivity contribution < 1.29 is 19.8 Å². The number of carboxylic acid groups (broad SMARTS) is 2. The van der Waals surface area contributed by atoms with Crippen molar-refractivity contribution in [3.8, 4) is 6.07 Å². The van der Waals surface area contributed by atoms with E-state index >= 15 is 0 Å².